The summed E-state index contributed by atoms with van der Waals surface area (Å²) in [5.74, 6) is -3.72. The van der Waals surface area contributed by atoms with Crippen LogP contribution in [-0.2, 0) is 9.59 Å². The molecule has 0 fully saturated rings. The minimum Gasteiger partial charge on any atom is -0.510 e. The number of carbonyl (C=O) groups is 2. The van der Waals surface area contributed by atoms with Gasteiger partial charge < -0.3 is 15.3 Å². The van der Waals surface area contributed by atoms with E-state index in [1.54, 1.807) is 0 Å². The molecule has 0 aromatic heterocycles. The van der Waals surface area contributed by atoms with Crippen LogP contribution in [0.3, 0.4) is 0 Å². The molecule has 72 valence electrons. The molecule has 0 saturated carbocycles. The molecule has 7 nitrogen and oxygen atoms in total. The lowest BCUT2D eigenvalue weighted by molar-refractivity contribution is -0.137. The molecule has 0 aromatic rings. The molecule has 7 heteroatoms. The summed E-state index contributed by atoms with van der Waals surface area (Å²) >= 11 is 0. The zero-order chi connectivity index (χ0) is 10.4. The van der Waals surface area contributed by atoms with E-state index in [1.165, 1.54) is 0 Å². The molecule has 0 radical (unpaired) electrons. The van der Waals surface area contributed by atoms with Gasteiger partial charge in [0.25, 0.3) is 0 Å². The highest BCUT2D eigenvalue weighted by molar-refractivity contribution is 5.86. The number of carboxylic acid groups (broad SMARTS) is 2. The van der Waals surface area contributed by atoms with Crippen molar-refractivity contribution >= 4 is 11.9 Å². The van der Waals surface area contributed by atoms with Crippen LogP contribution in [-0.4, -0.2) is 27.3 Å². The van der Waals surface area contributed by atoms with Crippen LogP contribution in [0.15, 0.2) is 16.6 Å². The van der Waals surface area contributed by atoms with Gasteiger partial charge in [0.2, 0.25) is 5.70 Å². The molecule has 0 spiro atoms. The highest BCUT2D eigenvalue weighted by Crippen LogP contribution is 2.09. The molecule has 0 bridgehead atoms. The fourth-order valence-electron chi connectivity index (χ4n) is 0.559. The van der Waals surface area contributed by atoms with E-state index < -0.39 is 36.2 Å². The van der Waals surface area contributed by atoms with E-state index in [-0.39, 0.29) is 0 Å². The van der Waals surface area contributed by atoms with Crippen LogP contribution in [0.1, 0.15) is 12.8 Å². The van der Waals surface area contributed by atoms with Gasteiger partial charge in [-0.1, -0.05) is 0 Å². The third-order valence-corrected chi connectivity index (χ3v) is 1.14. The lowest BCUT2D eigenvalue weighted by atomic mass is 10.2. The van der Waals surface area contributed by atoms with Crippen molar-refractivity contribution in [3.05, 3.63) is 16.4 Å². The average molecular weight is 189 g/mol. The lowest BCUT2D eigenvalue weighted by Crippen LogP contribution is -2.04. The fourth-order valence-corrected chi connectivity index (χ4v) is 0.559. The van der Waals surface area contributed by atoms with E-state index in [9.17, 15) is 14.5 Å². The van der Waals surface area contributed by atoms with Crippen molar-refractivity contribution in [2.45, 2.75) is 12.8 Å². The van der Waals surface area contributed by atoms with Gasteiger partial charge in [-0.3, -0.25) is 4.79 Å². The summed E-state index contributed by atoms with van der Waals surface area (Å²) in [6.07, 6.45) is -0.888. The van der Waals surface area contributed by atoms with Gasteiger partial charge in [-0.05, 0) is 5.18 Å². The van der Waals surface area contributed by atoms with Crippen molar-refractivity contribution in [1.82, 2.24) is 0 Å². The van der Waals surface area contributed by atoms with Gasteiger partial charge in [0.05, 0.1) is 6.42 Å². The third kappa shape index (κ3) is 3.85. The zero-order valence-electron chi connectivity index (χ0n) is 6.43. The number of carboxylic acids is 2. The molecule has 3 N–H and O–H groups in total. The Hall–Kier alpha value is -1.92. The van der Waals surface area contributed by atoms with Crippen molar-refractivity contribution < 1.29 is 24.9 Å². The van der Waals surface area contributed by atoms with E-state index >= 15 is 0 Å². The molecule has 0 rings (SSSR count). The maximum Gasteiger partial charge on any atom is 0.361 e. The van der Waals surface area contributed by atoms with Crippen LogP contribution < -0.4 is 0 Å². The molecular weight excluding hydrogens is 182 g/mol. The number of aliphatic carboxylic acids is 2. The number of rotatable bonds is 5. The van der Waals surface area contributed by atoms with Gasteiger partial charge in [-0.25, -0.2) is 4.79 Å². The second kappa shape index (κ2) is 4.86. The molecule has 0 aliphatic carbocycles. The van der Waals surface area contributed by atoms with E-state index in [2.05, 4.69) is 5.18 Å². The summed E-state index contributed by atoms with van der Waals surface area (Å²) in [5, 5.41) is 27.3. The first-order valence-electron chi connectivity index (χ1n) is 3.19. The monoisotopic (exact) mass is 189 g/mol. The molecule has 0 atom stereocenters. The SMILES string of the molecule is O=NC(C(=O)O)=C(O)CCC(=O)O. The Morgan fingerprint density at radius 3 is 1.92 bits per heavy atom. The molecule has 0 amide bonds. The Kier molecular flexibility index (Phi) is 4.14. The Labute approximate surface area is 72.3 Å². The molecule has 0 heterocycles. The van der Waals surface area contributed by atoms with E-state index in [0.29, 0.717) is 0 Å². The van der Waals surface area contributed by atoms with Crippen LogP contribution in [0.25, 0.3) is 0 Å². The summed E-state index contributed by atoms with van der Waals surface area (Å²) < 4.78 is 0. The molecular formula is C6H7NO6. The number of nitroso groups, excluding NO2 is 1. The quantitative estimate of drug-likeness (QED) is 0.328. The summed E-state index contributed by atoms with van der Waals surface area (Å²) in [6.45, 7) is 0. The minimum atomic E-state index is -1.68. The maximum absolute atomic E-state index is 10.2. The van der Waals surface area contributed by atoms with Crippen LogP contribution >= 0.6 is 0 Å². The van der Waals surface area contributed by atoms with Gasteiger partial charge >= 0.3 is 11.9 Å². The molecule has 0 aromatic carbocycles. The Bertz CT molecular complexity index is 268. The van der Waals surface area contributed by atoms with Crippen molar-refractivity contribution in [2.24, 2.45) is 5.18 Å². The smallest absolute Gasteiger partial charge is 0.361 e. The van der Waals surface area contributed by atoms with E-state index in [4.69, 9.17) is 15.3 Å². The number of nitrogens with zero attached hydrogens (tertiary/aromatic N) is 1. The molecule has 0 unspecified atom stereocenters. The predicted octanol–water partition coefficient (Wildman–Crippen LogP) is 0.472. The first-order valence-corrected chi connectivity index (χ1v) is 3.19. The molecule has 0 aliphatic heterocycles. The number of aliphatic hydroxyl groups is 1. The largest absolute Gasteiger partial charge is 0.510 e. The Balaban J connectivity index is 4.48. The van der Waals surface area contributed by atoms with Gasteiger partial charge in [0, 0.05) is 6.42 Å². The van der Waals surface area contributed by atoms with E-state index in [1.807, 2.05) is 0 Å². The predicted molar refractivity (Wildman–Crippen MR) is 40.0 cm³/mol. The average Bonchev–Trinajstić information content (AvgIpc) is 2.01. The van der Waals surface area contributed by atoms with Crippen molar-refractivity contribution in [2.75, 3.05) is 0 Å². The minimum absolute atomic E-state index is 0.428. The summed E-state index contributed by atoms with van der Waals surface area (Å²) in [6, 6.07) is 0. The first-order chi connectivity index (χ1) is 5.99. The van der Waals surface area contributed by atoms with Crippen LogP contribution in [0, 0.1) is 4.91 Å². The van der Waals surface area contributed by atoms with Crippen LogP contribution in [0.4, 0.5) is 0 Å². The fraction of sp³-hybridized carbons (Fsp3) is 0.333. The third-order valence-electron chi connectivity index (χ3n) is 1.14. The van der Waals surface area contributed by atoms with Crippen LogP contribution in [0.2, 0.25) is 0 Å². The van der Waals surface area contributed by atoms with Gasteiger partial charge in [0.1, 0.15) is 5.76 Å². The second-order valence-electron chi connectivity index (χ2n) is 2.09. The number of allylic oxidation sites excluding steroid dienone is 1. The van der Waals surface area contributed by atoms with Gasteiger partial charge in [-0.15, -0.1) is 4.91 Å². The zero-order valence-corrected chi connectivity index (χ0v) is 6.43. The highest BCUT2D eigenvalue weighted by Gasteiger charge is 2.15. The Morgan fingerprint density at radius 2 is 1.62 bits per heavy atom. The second-order valence-corrected chi connectivity index (χ2v) is 2.09. The van der Waals surface area contributed by atoms with Crippen molar-refractivity contribution in [3.63, 3.8) is 0 Å². The maximum atomic E-state index is 10.2. The van der Waals surface area contributed by atoms with Crippen molar-refractivity contribution in [3.8, 4) is 0 Å². The standard InChI is InChI=1S/C6H7NO6/c8-3(1-2-4(9)10)5(7-13)6(11)12/h8H,1-2H2,(H,9,10)(H,11,12). The van der Waals surface area contributed by atoms with Crippen LogP contribution in [0.5, 0.6) is 0 Å². The van der Waals surface area contributed by atoms with E-state index in [0.717, 1.165) is 0 Å². The van der Waals surface area contributed by atoms with Gasteiger partial charge in [-0.2, -0.15) is 0 Å². The molecule has 0 saturated heterocycles. The number of hydrogen-bond acceptors (Lipinski definition) is 5. The lowest BCUT2D eigenvalue weighted by Gasteiger charge is -1.97. The normalized spacial score (nSPS) is 11.7. The first kappa shape index (κ1) is 11.1. The summed E-state index contributed by atoms with van der Waals surface area (Å²) in [4.78, 5) is 30.0. The van der Waals surface area contributed by atoms with Gasteiger partial charge in [0.15, 0.2) is 0 Å². The topological polar surface area (TPSA) is 124 Å². The summed E-state index contributed by atoms with van der Waals surface area (Å²) in [7, 11) is 0. The number of hydrogen-bond donors (Lipinski definition) is 3. The molecule has 13 heavy (non-hydrogen) atoms. The van der Waals surface area contributed by atoms with Crippen molar-refractivity contribution in [1.29, 1.82) is 0 Å². The number of aliphatic hydroxyl groups excluding tert-OH is 1. The summed E-state index contributed by atoms with van der Waals surface area (Å²) in [5.41, 5.74) is -1.05. The highest BCUT2D eigenvalue weighted by atomic mass is 16.4. The Morgan fingerprint density at radius 1 is 1.08 bits per heavy atom. The molecule has 0 aliphatic rings.